The van der Waals surface area contributed by atoms with Gasteiger partial charge in [0.25, 0.3) is 0 Å². The molecule has 0 radical (unpaired) electrons. The summed E-state index contributed by atoms with van der Waals surface area (Å²) in [5.74, 6) is 1.92. The number of rotatable bonds is 9. The lowest BCUT2D eigenvalue weighted by atomic mass is 9.86. The minimum Gasteiger partial charge on any atom is -0.208 e. The van der Waals surface area contributed by atoms with Crippen LogP contribution < -0.4 is 0 Å². The summed E-state index contributed by atoms with van der Waals surface area (Å²) in [5.41, 5.74) is 16.6. The zero-order valence-corrected chi connectivity index (χ0v) is 31.7. The molecule has 3 nitrogen and oxygen atoms in total. The smallest absolute Gasteiger partial charge is 0.164 e. The molecule has 0 atom stereocenters. The van der Waals surface area contributed by atoms with E-state index in [0.717, 1.165) is 55.6 Å². The fraction of sp³-hybridized carbons (Fsp3) is 0.0185. The van der Waals surface area contributed by atoms with Gasteiger partial charge in [-0.05, 0) is 91.9 Å². The first-order chi connectivity index (χ1) is 28.1. The Hall–Kier alpha value is -7.49. The van der Waals surface area contributed by atoms with Gasteiger partial charge in [0.15, 0.2) is 17.5 Å². The van der Waals surface area contributed by atoms with Crippen molar-refractivity contribution in [2.45, 2.75) is 6.92 Å². The van der Waals surface area contributed by atoms with E-state index in [1.165, 1.54) is 27.8 Å². The van der Waals surface area contributed by atoms with Crippen molar-refractivity contribution in [2.75, 3.05) is 0 Å². The number of aromatic nitrogens is 3. The van der Waals surface area contributed by atoms with E-state index in [2.05, 4.69) is 153 Å². The Bertz CT molecular complexity index is 2710. The van der Waals surface area contributed by atoms with E-state index >= 15 is 0 Å². The van der Waals surface area contributed by atoms with Gasteiger partial charge in [-0.25, -0.2) is 15.0 Å². The molecule has 0 aliphatic heterocycles. The first kappa shape index (κ1) is 35.2. The third-order valence-corrected chi connectivity index (χ3v) is 10.5. The highest BCUT2D eigenvalue weighted by Gasteiger charge is 2.19. The van der Waals surface area contributed by atoms with Crippen LogP contribution in [0.3, 0.4) is 0 Å². The topological polar surface area (TPSA) is 38.7 Å². The molecule has 8 aromatic carbocycles. The van der Waals surface area contributed by atoms with Crippen molar-refractivity contribution in [2.24, 2.45) is 0 Å². The highest BCUT2D eigenvalue weighted by atomic mass is 15.0. The van der Waals surface area contributed by atoms with Crippen molar-refractivity contribution in [1.82, 2.24) is 15.0 Å². The maximum absolute atomic E-state index is 5.07. The van der Waals surface area contributed by atoms with Crippen molar-refractivity contribution in [3.05, 3.63) is 218 Å². The Morgan fingerprint density at radius 1 is 0.333 bits per heavy atom. The molecule has 0 bridgehead atoms. The number of nitrogens with zero attached hydrogens (tertiary/aromatic N) is 3. The van der Waals surface area contributed by atoms with E-state index in [1.807, 2.05) is 66.7 Å². The summed E-state index contributed by atoms with van der Waals surface area (Å²) in [6, 6.07) is 70.1. The van der Waals surface area contributed by atoms with Gasteiger partial charge in [0, 0.05) is 16.7 Å². The van der Waals surface area contributed by atoms with Crippen LogP contribution in [0, 0.1) is 6.92 Å². The molecule has 1 heterocycles. The molecule has 9 rings (SSSR count). The molecule has 0 unspecified atom stereocenters. The Morgan fingerprint density at radius 2 is 0.719 bits per heavy atom. The molecule has 0 spiro atoms. The molecule has 0 N–H and O–H groups in total. The van der Waals surface area contributed by atoms with E-state index in [4.69, 9.17) is 15.0 Å². The molecule has 9 aromatic rings. The van der Waals surface area contributed by atoms with Gasteiger partial charge in [-0.2, -0.15) is 0 Å². The first-order valence-corrected chi connectivity index (χ1v) is 19.2. The third-order valence-electron chi connectivity index (χ3n) is 10.5. The summed E-state index contributed by atoms with van der Waals surface area (Å²) in [6.45, 7) is 6.40. The molecule has 0 amide bonds. The van der Waals surface area contributed by atoms with Gasteiger partial charge in [-0.3, -0.25) is 0 Å². The highest BCUT2D eigenvalue weighted by molar-refractivity contribution is 5.93. The Kier molecular flexibility index (Phi) is 9.70. The summed E-state index contributed by atoms with van der Waals surface area (Å²) in [5, 5.41) is 0. The Balaban J connectivity index is 1.14. The van der Waals surface area contributed by atoms with Crippen LogP contribution in [0.5, 0.6) is 0 Å². The molecule has 57 heavy (non-hydrogen) atoms. The van der Waals surface area contributed by atoms with Crippen molar-refractivity contribution >= 4 is 6.08 Å². The number of hydrogen-bond donors (Lipinski definition) is 0. The maximum atomic E-state index is 5.07. The van der Waals surface area contributed by atoms with E-state index < -0.39 is 0 Å². The standard InChI is InChI=1S/C54H39N3/c1-3-38-26-16-29-50(42-32-30-41(31-33-42)47-35-45(39-18-8-4-9-19-39)34-46(36-47)40-20-10-5-11-21-40)51(38)48-27-17-28-49(37(48)2)54-56-52(43-22-12-6-13-23-43)55-53(57-54)44-24-14-7-15-25-44/h3-36H,1H2,2H3. The van der Waals surface area contributed by atoms with Gasteiger partial charge in [0.1, 0.15) is 0 Å². The van der Waals surface area contributed by atoms with Crippen LogP contribution in [0.4, 0.5) is 0 Å². The van der Waals surface area contributed by atoms with Crippen LogP contribution in [0.25, 0.3) is 95.9 Å². The van der Waals surface area contributed by atoms with Crippen LogP contribution in [0.1, 0.15) is 11.1 Å². The quantitative estimate of drug-likeness (QED) is 0.148. The third kappa shape index (κ3) is 7.23. The lowest BCUT2D eigenvalue weighted by molar-refractivity contribution is 1.07. The predicted molar refractivity (Wildman–Crippen MR) is 238 cm³/mol. The molecule has 0 saturated heterocycles. The van der Waals surface area contributed by atoms with E-state index in [9.17, 15) is 0 Å². The zero-order chi connectivity index (χ0) is 38.6. The lowest BCUT2D eigenvalue weighted by Crippen LogP contribution is -2.02. The van der Waals surface area contributed by atoms with E-state index in [-0.39, 0.29) is 0 Å². The van der Waals surface area contributed by atoms with Gasteiger partial charge < -0.3 is 0 Å². The van der Waals surface area contributed by atoms with Crippen molar-refractivity contribution < 1.29 is 0 Å². The molecule has 0 aliphatic carbocycles. The van der Waals surface area contributed by atoms with Crippen molar-refractivity contribution in [3.8, 4) is 89.8 Å². The number of hydrogen-bond acceptors (Lipinski definition) is 3. The minimum absolute atomic E-state index is 0.636. The van der Waals surface area contributed by atoms with Crippen LogP contribution in [0.15, 0.2) is 207 Å². The second-order valence-electron chi connectivity index (χ2n) is 14.1. The van der Waals surface area contributed by atoms with Gasteiger partial charge in [0.2, 0.25) is 0 Å². The van der Waals surface area contributed by atoms with E-state index in [1.54, 1.807) is 0 Å². The Labute approximate surface area is 334 Å². The molecule has 3 heteroatoms. The zero-order valence-electron chi connectivity index (χ0n) is 31.7. The molecule has 0 saturated carbocycles. The predicted octanol–water partition coefficient (Wildman–Crippen LogP) is 14.2. The van der Waals surface area contributed by atoms with Crippen LogP contribution in [-0.4, -0.2) is 15.0 Å². The molecular weight excluding hydrogens is 691 g/mol. The van der Waals surface area contributed by atoms with Crippen molar-refractivity contribution in [3.63, 3.8) is 0 Å². The fourth-order valence-corrected chi connectivity index (χ4v) is 7.59. The minimum atomic E-state index is 0.636. The van der Waals surface area contributed by atoms with Gasteiger partial charge in [-0.1, -0.05) is 195 Å². The summed E-state index contributed by atoms with van der Waals surface area (Å²) in [6.07, 6.45) is 1.95. The van der Waals surface area contributed by atoms with Gasteiger partial charge >= 0.3 is 0 Å². The molecule has 1 aromatic heterocycles. The van der Waals surface area contributed by atoms with Crippen LogP contribution >= 0.6 is 0 Å². The number of benzene rings is 8. The van der Waals surface area contributed by atoms with Gasteiger partial charge in [0.05, 0.1) is 0 Å². The SMILES string of the molecule is C=Cc1cccc(-c2ccc(-c3cc(-c4ccccc4)cc(-c4ccccc4)c3)cc2)c1-c1cccc(-c2nc(-c3ccccc3)nc(-c3ccccc3)n2)c1C. The van der Waals surface area contributed by atoms with Gasteiger partial charge in [-0.15, -0.1) is 0 Å². The first-order valence-electron chi connectivity index (χ1n) is 19.2. The normalized spacial score (nSPS) is 11.0. The highest BCUT2D eigenvalue weighted by Crippen LogP contribution is 2.41. The molecule has 0 fully saturated rings. The largest absolute Gasteiger partial charge is 0.208 e. The average Bonchev–Trinajstić information content (AvgIpc) is 3.30. The maximum Gasteiger partial charge on any atom is 0.164 e. The molecule has 270 valence electrons. The lowest BCUT2D eigenvalue weighted by Gasteiger charge is -2.18. The summed E-state index contributed by atoms with van der Waals surface area (Å²) < 4.78 is 0. The summed E-state index contributed by atoms with van der Waals surface area (Å²) in [4.78, 5) is 15.1. The van der Waals surface area contributed by atoms with Crippen LogP contribution in [-0.2, 0) is 0 Å². The molecule has 0 aliphatic rings. The summed E-state index contributed by atoms with van der Waals surface area (Å²) in [7, 11) is 0. The second kappa shape index (κ2) is 15.7. The monoisotopic (exact) mass is 729 g/mol. The van der Waals surface area contributed by atoms with E-state index in [0.29, 0.717) is 17.5 Å². The average molecular weight is 730 g/mol. The fourth-order valence-electron chi connectivity index (χ4n) is 7.59. The second-order valence-corrected chi connectivity index (χ2v) is 14.1. The van der Waals surface area contributed by atoms with Crippen LogP contribution in [0.2, 0.25) is 0 Å². The van der Waals surface area contributed by atoms with Crippen molar-refractivity contribution in [1.29, 1.82) is 0 Å². The summed E-state index contributed by atoms with van der Waals surface area (Å²) >= 11 is 0. The molecular formula is C54H39N3. The Morgan fingerprint density at radius 3 is 1.21 bits per heavy atom.